The number of H-pyrrole nitrogens is 1. The molecule has 3 aromatic carbocycles. The molecule has 7 heteroatoms. The van der Waals surface area contributed by atoms with E-state index in [0.29, 0.717) is 23.4 Å². The fourth-order valence-electron chi connectivity index (χ4n) is 4.37. The zero-order valence-electron chi connectivity index (χ0n) is 20.5. The molecule has 0 aliphatic carbocycles. The number of rotatable bonds is 5. The van der Waals surface area contributed by atoms with Crippen molar-refractivity contribution in [1.82, 2.24) is 4.98 Å². The number of carbonyl (C=O) groups is 1. The third kappa shape index (κ3) is 4.83. The van der Waals surface area contributed by atoms with E-state index in [1.165, 1.54) is 0 Å². The van der Waals surface area contributed by atoms with E-state index in [1.807, 2.05) is 55.5 Å². The normalized spacial score (nSPS) is 13.1. The molecule has 4 aromatic rings. The number of aromatic amines is 1. The second-order valence-electron chi connectivity index (χ2n) is 9.77. The Morgan fingerprint density at radius 1 is 1.03 bits per heavy atom. The molecule has 0 fully saturated rings. The fourth-order valence-corrected chi connectivity index (χ4v) is 4.37. The second-order valence-corrected chi connectivity index (χ2v) is 9.77. The molecule has 0 unspecified atom stereocenters. The lowest BCUT2D eigenvalue weighted by molar-refractivity contribution is 0.0285. The summed E-state index contributed by atoms with van der Waals surface area (Å²) in [7, 11) is 0. The number of pyridine rings is 1. The van der Waals surface area contributed by atoms with Gasteiger partial charge in [-0.25, -0.2) is 4.79 Å². The SMILES string of the molecule is Cc1ccc2c(=O)[nH]cc(-c3ccc(OC(=O)N4CCc5ccc(OCC(C)(C)O)cc54)cc3)c2c1. The van der Waals surface area contributed by atoms with Gasteiger partial charge in [0.1, 0.15) is 18.1 Å². The number of aryl methyl sites for hydroxylation is 1. The minimum atomic E-state index is -0.954. The summed E-state index contributed by atoms with van der Waals surface area (Å²) < 4.78 is 11.4. The molecule has 5 rings (SSSR count). The first-order valence-corrected chi connectivity index (χ1v) is 11.9. The summed E-state index contributed by atoms with van der Waals surface area (Å²) in [5.41, 5.74) is 3.58. The molecule has 1 amide bonds. The van der Waals surface area contributed by atoms with Gasteiger partial charge >= 0.3 is 6.09 Å². The average Bonchev–Trinajstić information content (AvgIpc) is 3.27. The van der Waals surface area contributed by atoms with Crippen LogP contribution in [0.25, 0.3) is 21.9 Å². The molecule has 0 bridgehead atoms. The maximum absolute atomic E-state index is 13.0. The van der Waals surface area contributed by atoms with Crippen molar-refractivity contribution in [3.05, 3.63) is 88.3 Å². The monoisotopic (exact) mass is 484 g/mol. The lowest BCUT2D eigenvalue weighted by atomic mass is 9.99. The highest BCUT2D eigenvalue weighted by atomic mass is 16.6. The Balaban J connectivity index is 1.34. The topological polar surface area (TPSA) is 91.9 Å². The quantitative estimate of drug-likeness (QED) is 0.406. The molecule has 0 saturated carbocycles. The molecule has 0 radical (unpaired) electrons. The Morgan fingerprint density at radius 2 is 1.78 bits per heavy atom. The first kappa shape index (κ1) is 23.6. The Labute approximate surface area is 208 Å². The summed E-state index contributed by atoms with van der Waals surface area (Å²) in [5, 5.41) is 11.4. The van der Waals surface area contributed by atoms with Crippen LogP contribution in [0, 0.1) is 6.92 Å². The lowest BCUT2D eigenvalue weighted by Crippen LogP contribution is -2.32. The molecular formula is C29H28N2O5. The largest absolute Gasteiger partial charge is 0.491 e. The number of aliphatic hydroxyl groups is 1. The van der Waals surface area contributed by atoms with E-state index in [2.05, 4.69) is 4.98 Å². The van der Waals surface area contributed by atoms with E-state index in [-0.39, 0.29) is 12.2 Å². The van der Waals surface area contributed by atoms with Crippen LogP contribution in [0.3, 0.4) is 0 Å². The number of hydrogen-bond acceptors (Lipinski definition) is 5. The molecular weight excluding hydrogens is 456 g/mol. The molecule has 0 saturated heterocycles. The van der Waals surface area contributed by atoms with E-state index in [1.54, 1.807) is 37.1 Å². The van der Waals surface area contributed by atoms with Crippen LogP contribution in [0.2, 0.25) is 0 Å². The van der Waals surface area contributed by atoms with E-state index in [9.17, 15) is 14.7 Å². The van der Waals surface area contributed by atoms with Crippen molar-refractivity contribution in [3.63, 3.8) is 0 Å². The number of aromatic nitrogens is 1. The zero-order chi connectivity index (χ0) is 25.4. The van der Waals surface area contributed by atoms with E-state index < -0.39 is 11.7 Å². The van der Waals surface area contributed by atoms with E-state index >= 15 is 0 Å². The van der Waals surface area contributed by atoms with Gasteiger partial charge in [0.25, 0.3) is 5.56 Å². The van der Waals surface area contributed by atoms with E-state index in [0.717, 1.165) is 39.7 Å². The van der Waals surface area contributed by atoms with Gasteiger partial charge in [0.05, 0.1) is 11.3 Å². The van der Waals surface area contributed by atoms with Gasteiger partial charge in [-0.05, 0) is 68.0 Å². The first-order valence-electron chi connectivity index (χ1n) is 11.9. The molecule has 7 nitrogen and oxygen atoms in total. The summed E-state index contributed by atoms with van der Waals surface area (Å²) in [4.78, 5) is 29.6. The molecule has 0 atom stereocenters. The fraction of sp³-hybridized carbons (Fsp3) is 0.241. The van der Waals surface area contributed by atoms with Crippen molar-refractivity contribution >= 4 is 22.6 Å². The van der Waals surface area contributed by atoms with Crippen molar-refractivity contribution in [2.45, 2.75) is 32.8 Å². The summed E-state index contributed by atoms with van der Waals surface area (Å²) in [6, 6.07) is 18.6. The Morgan fingerprint density at radius 3 is 2.53 bits per heavy atom. The molecule has 2 N–H and O–H groups in total. The van der Waals surface area contributed by atoms with Gasteiger partial charge in [0.2, 0.25) is 0 Å². The highest BCUT2D eigenvalue weighted by Gasteiger charge is 2.27. The van der Waals surface area contributed by atoms with Crippen molar-refractivity contribution in [2.75, 3.05) is 18.1 Å². The summed E-state index contributed by atoms with van der Waals surface area (Å²) in [6.45, 7) is 6.01. The van der Waals surface area contributed by atoms with Gasteiger partial charge in [-0.1, -0.05) is 35.9 Å². The number of nitrogens with zero attached hydrogens (tertiary/aromatic N) is 1. The average molecular weight is 485 g/mol. The number of nitrogens with one attached hydrogen (secondary N) is 1. The Bertz CT molecular complexity index is 1500. The molecule has 0 spiro atoms. The summed E-state index contributed by atoms with van der Waals surface area (Å²) in [6.07, 6.45) is 1.98. The van der Waals surface area contributed by atoms with Crippen molar-refractivity contribution < 1.29 is 19.4 Å². The van der Waals surface area contributed by atoms with Crippen molar-refractivity contribution in [3.8, 4) is 22.6 Å². The van der Waals surface area contributed by atoms with E-state index in [4.69, 9.17) is 9.47 Å². The van der Waals surface area contributed by atoms with Crippen LogP contribution >= 0.6 is 0 Å². The van der Waals surface area contributed by atoms with Crippen LogP contribution in [0.4, 0.5) is 10.5 Å². The van der Waals surface area contributed by atoms with Crippen molar-refractivity contribution in [1.29, 1.82) is 0 Å². The molecule has 36 heavy (non-hydrogen) atoms. The van der Waals surface area contributed by atoms with Crippen LogP contribution in [0.15, 0.2) is 71.7 Å². The Hall–Kier alpha value is -4.10. The second kappa shape index (κ2) is 9.17. The van der Waals surface area contributed by atoms with Crippen LogP contribution in [0.5, 0.6) is 11.5 Å². The molecule has 2 heterocycles. The minimum absolute atomic E-state index is 0.126. The van der Waals surface area contributed by atoms with Crippen LogP contribution in [-0.2, 0) is 6.42 Å². The number of ether oxygens (including phenoxy) is 2. The van der Waals surface area contributed by atoms with Gasteiger partial charge < -0.3 is 19.6 Å². The number of amides is 1. The van der Waals surface area contributed by atoms with Gasteiger partial charge in [-0.3, -0.25) is 9.69 Å². The predicted molar refractivity (Wildman–Crippen MR) is 140 cm³/mol. The lowest BCUT2D eigenvalue weighted by Gasteiger charge is -2.20. The predicted octanol–water partition coefficient (Wildman–Crippen LogP) is 5.21. The third-order valence-corrected chi connectivity index (χ3v) is 6.19. The number of hydrogen-bond donors (Lipinski definition) is 2. The smallest absolute Gasteiger partial charge is 0.419 e. The summed E-state index contributed by atoms with van der Waals surface area (Å²) >= 11 is 0. The highest BCUT2D eigenvalue weighted by molar-refractivity contribution is 5.96. The summed E-state index contributed by atoms with van der Waals surface area (Å²) in [5.74, 6) is 1.01. The van der Waals surface area contributed by atoms with Crippen LogP contribution < -0.4 is 19.9 Å². The molecule has 184 valence electrons. The Kier molecular flexibility index (Phi) is 6.02. The standard InChI is InChI=1S/C29H28N2O5/c1-18-4-11-23-24(14-18)25(16-30-27(23)32)19-5-8-21(9-6-19)36-28(33)31-13-12-20-7-10-22(15-26(20)31)35-17-29(2,3)34/h4-11,14-16,34H,12-13,17H2,1-3H3,(H,30,32). The maximum atomic E-state index is 13.0. The number of carbonyl (C=O) groups excluding carboxylic acids is 1. The van der Waals surface area contributed by atoms with Gasteiger partial charge in [-0.2, -0.15) is 0 Å². The minimum Gasteiger partial charge on any atom is -0.491 e. The molecule has 1 aromatic heterocycles. The molecule has 1 aliphatic heterocycles. The maximum Gasteiger partial charge on any atom is 0.419 e. The number of anilines is 1. The van der Waals surface area contributed by atoms with Crippen LogP contribution in [0.1, 0.15) is 25.0 Å². The van der Waals surface area contributed by atoms with Gasteiger partial charge in [0.15, 0.2) is 0 Å². The van der Waals surface area contributed by atoms with Gasteiger partial charge in [-0.15, -0.1) is 0 Å². The van der Waals surface area contributed by atoms with Gasteiger partial charge in [0, 0.05) is 29.8 Å². The highest BCUT2D eigenvalue weighted by Crippen LogP contribution is 2.33. The first-order chi connectivity index (χ1) is 17.2. The number of fused-ring (bicyclic) bond motifs is 2. The molecule has 1 aliphatic rings. The van der Waals surface area contributed by atoms with Crippen LogP contribution in [-0.4, -0.2) is 34.9 Å². The zero-order valence-corrected chi connectivity index (χ0v) is 20.5. The van der Waals surface area contributed by atoms with Crippen molar-refractivity contribution in [2.24, 2.45) is 0 Å². The number of benzene rings is 3. The third-order valence-electron chi connectivity index (χ3n) is 6.19.